The Balaban J connectivity index is 1.93. The quantitative estimate of drug-likeness (QED) is 0.799. The molecule has 0 aliphatic carbocycles. The largest absolute Gasteiger partial charge is 0.389 e. The highest BCUT2D eigenvalue weighted by atomic mass is 19.1. The smallest absolute Gasteiger partial charge is 0.317 e. The van der Waals surface area contributed by atoms with Gasteiger partial charge in [-0.25, -0.2) is 9.18 Å². The first-order chi connectivity index (χ1) is 12.5. The van der Waals surface area contributed by atoms with E-state index in [1.54, 1.807) is 12.1 Å². The molecule has 2 N–H and O–H groups in total. The number of piperazine rings is 1. The average Bonchev–Trinajstić information content (AvgIpc) is 2.56. The molecule has 1 heterocycles. The number of nitrogens with one attached hydrogen (secondary N) is 1. The van der Waals surface area contributed by atoms with Gasteiger partial charge < -0.3 is 15.3 Å². The fourth-order valence-electron chi connectivity index (χ4n) is 3.49. The van der Waals surface area contributed by atoms with Crippen molar-refractivity contribution in [3.05, 3.63) is 35.6 Å². The minimum atomic E-state index is -0.739. The molecule has 1 aliphatic heterocycles. The second-order valence-electron chi connectivity index (χ2n) is 8.71. The van der Waals surface area contributed by atoms with Gasteiger partial charge in [0, 0.05) is 38.3 Å². The van der Waals surface area contributed by atoms with Crippen LogP contribution in [0.3, 0.4) is 0 Å². The van der Waals surface area contributed by atoms with Gasteiger partial charge in [-0.2, -0.15) is 0 Å². The van der Waals surface area contributed by atoms with Crippen molar-refractivity contribution >= 4 is 6.03 Å². The molecule has 1 aromatic carbocycles. The Hall–Kier alpha value is -1.66. The lowest BCUT2D eigenvalue weighted by atomic mass is 9.96. The van der Waals surface area contributed by atoms with Crippen LogP contribution in [0.4, 0.5) is 9.18 Å². The van der Waals surface area contributed by atoms with Gasteiger partial charge in [-0.15, -0.1) is 0 Å². The van der Waals surface area contributed by atoms with Crippen LogP contribution in [0.1, 0.15) is 40.2 Å². The van der Waals surface area contributed by atoms with Crippen molar-refractivity contribution in [2.24, 2.45) is 5.92 Å². The summed E-state index contributed by atoms with van der Waals surface area (Å²) < 4.78 is 13.1. The predicted molar refractivity (Wildman–Crippen MR) is 106 cm³/mol. The molecule has 0 radical (unpaired) electrons. The van der Waals surface area contributed by atoms with Gasteiger partial charge in [0.25, 0.3) is 0 Å². The Morgan fingerprint density at radius 1 is 1.30 bits per heavy atom. The van der Waals surface area contributed by atoms with Crippen molar-refractivity contribution < 1.29 is 14.3 Å². The van der Waals surface area contributed by atoms with Gasteiger partial charge in [0.2, 0.25) is 0 Å². The second-order valence-corrected chi connectivity index (χ2v) is 8.71. The van der Waals surface area contributed by atoms with E-state index in [9.17, 15) is 14.3 Å². The lowest BCUT2D eigenvalue weighted by Gasteiger charge is -2.42. The summed E-state index contributed by atoms with van der Waals surface area (Å²) in [5.41, 5.74) is 0.273. The van der Waals surface area contributed by atoms with E-state index in [0.29, 0.717) is 26.1 Å². The zero-order valence-electron chi connectivity index (χ0n) is 17.2. The fourth-order valence-corrected chi connectivity index (χ4v) is 3.49. The molecule has 0 spiro atoms. The topological polar surface area (TPSA) is 55.8 Å². The van der Waals surface area contributed by atoms with Gasteiger partial charge in [-0.3, -0.25) is 4.90 Å². The Morgan fingerprint density at radius 3 is 2.44 bits per heavy atom. The average molecular weight is 380 g/mol. The number of urea groups is 1. The number of carbonyl (C=O) groups is 1. The Morgan fingerprint density at radius 2 is 1.93 bits per heavy atom. The van der Waals surface area contributed by atoms with E-state index >= 15 is 0 Å². The van der Waals surface area contributed by atoms with Gasteiger partial charge in [0.1, 0.15) is 5.82 Å². The zero-order chi connectivity index (χ0) is 20.2. The van der Waals surface area contributed by atoms with Gasteiger partial charge >= 0.3 is 6.03 Å². The zero-order valence-corrected chi connectivity index (χ0v) is 17.2. The molecule has 27 heavy (non-hydrogen) atoms. The maximum atomic E-state index is 13.1. The fraction of sp³-hybridized carbons (Fsp3) is 0.667. The number of aliphatic hydroxyl groups is 1. The lowest BCUT2D eigenvalue weighted by Crippen LogP contribution is -2.59. The SMILES string of the molecule is CC(C)C(Cc1ccc(F)cc1)NC(=O)N1CCN(CC(C)(C)O)C(C)C1. The highest BCUT2D eigenvalue weighted by molar-refractivity contribution is 5.74. The van der Waals surface area contributed by atoms with Crippen LogP contribution in [-0.4, -0.2) is 64.8 Å². The summed E-state index contributed by atoms with van der Waals surface area (Å²) in [6.45, 7) is 12.5. The summed E-state index contributed by atoms with van der Waals surface area (Å²) in [7, 11) is 0. The number of hydrogen-bond acceptors (Lipinski definition) is 3. The summed E-state index contributed by atoms with van der Waals surface area (Å²) in [5.74, 6) is 0.0229. The van der Waals surface area contributed by atoms with E-state index in [0.717, 1.165) is 12.1 Å². The first kappa shape index (κ1) is 21.6. The predicted octanol–water partition coefficient (Wildman–Crippen LogP) is 2.88. The number of carbonyl (C=O) groups excluding carboxylic acids is 1. The number of rotatable bonds is 6. The molecular formula is C21H34FN3O2. The summed E-state index contributed by atoms with van der Waals surface area (Å²) in [6.07, 6.45) is 0.678. The van der Waals surface area contributed by atoms with Crippen molar-refractivity contribution in [3.8, 4) is 0 Å². The molecule has 152 valence electrons. The molecule has 0 bridgehead atoms. The molecule has 2 unspecified atom stereocenters. The molecule has 1 aliphatic rings. The van der Waals surface area contributed by atoms with Crippen LogP contribution >= 0.6 is 0 Å². The van der Waals surface area contributed by atoms with E-state index in [4.69, 9.17) is 0 Å². The highest BCUT2D eigenvalue weighted by Crippen LogP contribution is 2.16. The van der Waals surface area contributed by atoms with Gasteiger partial charge in [0.15, 0.2) is 0 Å². The molecule has 2 atom stereocenters. The first-order valence-corrected chi connectivity index (χ1v) is 9.81. The molecule has 2 rings (SSSR count). The first-order valence-electron chi connectivity index (χ1n) is 9.81. The summed E-state index contributed by atoms with van der Waals surface area (Å²) in [5, 5.41) is 13.2. The number of benzene rings is 1. The van der Waals surface area contributed by atoms with Gasteiger partial charge in [-0.05, 0) is 50.8 Å². The van der Waals surface area contributed by atoms with Crippen LogP contribution in [0.15, 0.2) is 24.3 Å². The van der Waals surface area contributed by atoms with E-state index in [2.05, 4.69) is 31.0 Å². The molecule has 1 fully saturated rings. The summed E-state index contributed by atoms with van der Waals surface area (Å²) in [4.78, 5) is 16.9. The van der Waals surface area contributed by atoms with Crippen molar-refractivity contribution in [3.63, 3.8) is 0 Å². The van der Waals surface area contributed by atoms with Crippen molar-refractivity contribution in [1.29, 1.82) is 0 Å². The monoisotopic (exact) mass is 379 g/mol. The third kappa shape index (κ3) is 6.78. The number of nitrogens with zero attached hydrogens (tertiary/aromatic N) is 2. The number of β-amino-alcohol motifs (C(OH)–C–C–N with tert-alkyl or cyclic N) is 1. The minimum absolute atomic E-state index is 0.00679. The summed E-state index contributed by atoms with van der Waals surface area (Å²) in [6, 6.07) is 6.60. The molecule has 0 saturated carbocycles. The lowest BCUT2D eigenvalue weighted by molar-refractivity contribution is 0.00268. The maximum absolute atomic E-state index is 13.1. The Labute approximate surface area is 162 Å². The van der Waals surface area contributed by atoms with Crippen LogP contribution in [0.2, 0.25) is 0 Å². The molecule has 1 aromatic rings. The van der Waals surface area contributed by atoms with Crippen LogP contribution in [0, 0.1) is 11.7 Å². The van der Waals surface area contributed by atoms with Crippen LogP contribution in [0.25, 0.3) is 0 Å². The van der Waals surface area contributed by atoms with Crippen molar-refractivity contribution in [2.45, 2.75) is 58.7 Å². The van der Waals surface area contributed by atoms with E-state index < -0.39 is 5.60 Å². The molecular weight excluding hydrogens is 345 g/mol. The molecule has 5 nitrogen and oxygen atoms in total. The number of hydrogen-bond donors (Lipinski definition) is 2. The number of halogens is 1. The standard InChI is InChI=1S/C21H34FN3O2/c1-15(2)19(12-17-6-8-18(22)9-7-17)23-20(26)24-10-11-25(16(3)13-24)14-21(4,5)27/h6-9,15-16,19,27H,10-14H2,1-5H3,(H,23,26). The van der Waals surface area contributed by atoms with E-state index in [1.807, 2.05) is 18.7 Å². The minimum Gasteiger partial charge on any atom is -0.389 e. The van der Waals surface area contributed by atoms with Gasteiger partial charge in [0.05, 0.1) is 5.60 Å². The van der Waals surface area contributed by atoms with Crippen LogP contribution in [0.5, 0.6) is 0 Å². The third-order valence-electron chi connectivity index (χ3n) is 5.12. The summed E-state index contributed by atoms with van der Waals surface area (Å²) >= 11 is 0. The number of amides is 2. The second kappa shape index (κ2) is 9.02. The molecule has 1 saturated heterocycles. The Bertz CT molecular complexity index is 613. The molecule has 2 amide bonds. The van der Waals surface area contributed by atoms with Crippen molar-refractivity contribution in [1.82, 2.24) is 15.1 Å². The molecule has 0 aromatic heterocycles. The third-order valence-corrected chi connectivity index (χ3v) is 5.12. The van der Waals surface area contributed by atoms with Gasteiger partial charge in [-0.1, -0.05) is 26.0 Å². The van der Waals surface area contributed by atoms with Crippen LogP contribution in [-0.2, 0) is 6.42 Å². The highest BCUT2D eigenvalue weighted by Gasteiger charge is 2.30. The van der Waals surface area contributed by atoms with Crippen molar-refractivity contribution in [2.75, 3.05) is 26.2 Å². The van der Waals surface area contributed by atoms with E-state index in [-0.39, 0.29) is 29.8 Å². The van der Waals surface area contributed by atoms with Crippen LogP contribution < -0.4 is 5.32 Å². The Kier molecular flexibility index (Phi) is 7.23. The molecule has 6 heteroatoms. The normalized spacial score (nSPS) is 20.0. The van der Waals surface area contributed by atoms with E-state index in [1.165, 1.54) is 12.1 Å². The maximum Gasteiger partial charge on any atom is 0.317 e.